The summed E-state index contributed by atoms with van der Waals surface area (Å²) >= 11 is 0. The van der Waals surface area contributed by atoms with Crippen LogP contribution in [0.4, 0.5) is 0 Å². The van der Waals surface area contributed by atoms with E-state index in [4.69, 9.17) is 0 Å². The lowest BCUT2D eigenvalue weighted by Gasteiger charge is -2.20. The van der Waals surface area contributed by atoms with Gasteiger partial charge in [-0.05, 0) is 46.8 Å². The Hall–Kier alpha value is -2.69. The van der Waals surface area contributed by atoms with Gasteiger partial charge in [0.15, 0.2) is 0 Å². The molecule has 5 nitrogen and oxygen atoms in total. The Bertz CT molecular complexity index is 972. The summed E-state index contributed by atoms with van der Waals surface area (Å²) in [6, 6.07) is 10.7. The van der Waals surface area contributed by atoms with Crippen molar-refractivity contribution < 1.29 is 0 Å². The zero-order chi connectivity index (χ0) is 18.0. The molecule has 0 bridgehead atoms. The first-order chi connectivity index (χ1) is 11.9. The predicted molar refractivity (Wildman–Crippen MR) is 103 cm³/mol. The van der Waals surface area contributed by atoms with Gasteiger partial charge in [-0.1, -0.05) is 18.2 Å². The second-order valence-electron chi connectivity index (χ2n) is 7.40. The van der Waals surface area contributed by atoms with E-state index >= 15 is 0 Å². The molecule has 0 atom stereocenters. The molecule has 25 heavy (non-hydrogen) atoms. The summed E-state index contributed by atoms with van der Waals surface area (Å²) < 4.78 is 4.05. The fraction of sp³-hybridized carbons (Fsp3) is 0.350. The minimum Gasteiger partial charge on any atom is -0.264 e. The lowest BCUT2D eigenvalue weighted by atomic mass is 10.1. The zero-order valence-electron chi connectivity index (χ0n) is 15.5. The topological polar surface area (TPSA) is 48.5 Å². The lowest BCUT2D eigenvalue weighted by molar-refractivity contribution is 0.368. The Morgan fingerprint density at radius 1 is 0.840 bits per heavy atom. The van der Waals surface area contributed by atoms with E-state index in [1.54, 1.807) is 6.20 Å². The van der Waals surface area contributed by atoms with Crippen molar-refractivity contribution >= 4 is 21.8 Å². The van der Waals surface area contributed by atoms with Crippen LogP contribution >= 0.6 is 0 Å². The van der Waals surface area contributed by atoms with Crippen LogP contribution in [0.25, 0.3) is 21.8 Å². The zero-order valence-corrected chi connectivity index (χ0v) is 15.5. The number of pyridine rings is 1. The number of nitrogens with zero attached hydrogens (tertiary/aromatic N) is 5. The molecule has 0 N–H and O–H groups in total. The van der Waals surface area contributed by atoms with Gasteiger partial charge in [0, 0.05) is 29.2 Å². The van der Waals surface area contributed by atoms with Gasteiger partial charge in [0.05, 0.1) is 29.0 Å². The fourth-order valence-corrected chi connectivity index (χ4v) is 2.81. The quantitative estimate of drug-likeness (QED) is 0.502. The van der Waals surface area contributed by atoms with Crippen LogP contribution in [-0.4, -0.2) is 24.5 Å². The van der Waals surface area contributed by atoms with Crippen molar-refractivity contribution in [1.82, 2.24) is 24.5 Å². The number of rotatable bonds is 1. The van der Waals surface area contributed by atoms with Gasteiger partial charge in [0.1, 0.15) is 0 Å². The number of benzene rings is 1. The van der Waals surface area contributed by atoms with Gasteiger partial charge < -0.3 is 0 Å². The van der Waals surface area contributed by atoms with Crippen molar-refractivity contribution in [3.8, 4) is 0 Å². The Labute approximate surface area is 148 Å². The van der Waals surface area contributed by atoms with Crippen molar-refractivity contribution in [1.29, 1.82) is 0 Å². The van der Waals surface area contributed by atoms with E-state index < -0.39 is 0 Å². The third kappa shape index (κ3) is 3.55. The number of fused-ring (bicyclic) bond motifs is 2. The molecule has 0 fully saturated rings. The maximum atomic E-state index is 4.38. The van der Waals surface area contributed by atoms with E-state index in [1.165, 1.54) is 10.9 Å². The predicted octanol–water partition coefficient (Wildman–Crippen LogP) is 4.80. The van der Waals surface area contributed by atoms with Crippen molar-refractivity contribution in [3.05, 3.63) is 55.1 Å². The van der Waals surface area contributed by atoms with Crippen LogP contribution in [0, 0.1) is 0 Å². The van der Waals surface area contributed by atoms with E-state index in [-0.39, 0.29) is 5.54 Å². The van der Waals surface area contributed by atoms with E-state index in [0.29, 0.717) is 6.04 Å². The number of hydrogen-bond acceptors (Lipinski definition) is 3. The van der Waals surface area contributed by atoms with Gasteiger partial charge in [-0.25, -0.2) is 0 Å². The van der Waals surface area contributed by atoms with Gasteiger partial charge in [0.25, 0.3) is 0 Å². The molecule has 0 aliphatic rings. The second kappa shape index (κ2) is 6.67. The molecule has 4 aromatic rings. The number of hydrogen-bond donors (Lipinski definition) is 0. The molecule has 0 aliphatic heterocycles. The summed E-state index contributed by atoms with van der Waals surface area (Å²) in [4.78, 5) is 4.03. The van der Waals surface area contributed by atoms with Crippen LogP contribution in [0.1, 0.15) is 40.7 Å². The van der Waals surface area contributed by atoms with Gasteiger partial charge in [-0.3, -0.25) is 14.3 Å². The Morgan fingerprint density at radius 2 is 1.56 bits per heavy atom. The first-order valence-electron chi connectivity index (χ1n) is 8.58. The normalized spacial score (nSPS) is 11.8. The number of para-hydroxylation sites is 1. The highest BCUT2D eigenvalue weighted by Gasteiger charge is 2.15. The molecule has 0 unspecified atom stereocenters. The summed E-state index contributed by atoms with van der Waals surface area (Å²) in [5.41, 5.74) is 2.42. The van der Waals surface area contributed by atoms with Crippen molar-refractivity contribution in [2.45, 2.75) is 46.2 Å². The third-order valence-electron chi connectivity index (χ3n) is 4.00. The SMILES string of the molecule is CC(C)(C)n1ncc2ccccc21.CC(C)n1ncc2cnccc21. The molecule has 0 saturated carbocycles. The Balaban J connectivity index is 0.000000146. The van der Waals surface area contributed by atoms with Gasteiger partial charge >= 0.3 is 0 Å². The Kier molecular flexibility index (Phi) is 4.57. The van der Waals surface area contributed by atoms with Crippen LogP contribution in [0.2, 0.25) is 0 Å². The molecule has 0 saturated heterocycles. The van der Waals surface area contributed by atoms with E-state index in [2.05, 4.69) is 66.6 Å². The van der Waals surface area contributed by atoms with Gasteiger partial charge in [-0.2, -0.15) is 10.2 Å². The Morgan fingerprint density at radius 3 is 2.28 bits per heavy atom. The van der Waals surface area contributed by atoms with Crippen LogP contribution in [0.3, 0.4) is 0 Å². The highest BCUT2D eigenvalue weighted by atomic mass is 15.3. The summed E-state index contributed by atoms with van der Waals surface area (Å²) in [5, 5.41) is 11.0. The highest BCUT2D eigenvalue weighted by Crippen LogP contribution is 2.20. The maximum absolute atomic E-state index is 4.38. The van der Waals surface area contributed by atoms with Gasteiger partial charge in [-0.15, -0.1) is 0 Å². The molecule has 0 spiro atoms. The summed E-state index contributed by atoms with van der Waals surface area (Å²) in [6.07, 6.45) is 7.40. The van der Waals surface area contributed by atoms with Crippen LogP contribution in [0.15, 0.2) is 55.1 Å². The molecule has 3 aromatic heterocycles. The van der Waals surface area contributed by atoms with Gasteiger partial charge in [0.2, 0.25) is 0 Å². The molecule has 3 heterocycles. The van der Waals surface area contributed by atoms with Crippen LogP contribution < -0.4 is 0 Å². The fourth-order valence-electron chi connectivity index (χ4n) is 2.81. The van der Waals surface area contributed by atoms with E-state index in [9.17, 15) is 0 Å². The average molecular weight is 335 g/mol. The highest BCUT2D eigenvalue weighted by molar-refractivity contribution is 5.78. The molecule has 0 radical (unpaired) electrons. The van der Waals surface area contributed by atoms with Crippen LogP contribution in [0.5, 0.6) is 0 Å². The monoisotopic (exact) mass is 335 g/mol. The summed E-state index contributed by atoms with van der Waals surface area (Å²) in [6.45, 7) is 10.7. The summed E-state index contributed by atoms with van der Waals surface area (Å²) in [5.74, 6) is 0. The largest absolute Gasteiger partial charge is 0.264 e. The molecule has 0 amide bonds. The molecule has 4 rings (SSSR count). The second-order valence-corrected chi connectivity index (χ2v) is 7.40. The smallest absolute Gasteiger partial charge is 0.0716 e. The van der Waals surface area contributed by atoms with E-state index in [1.807, 2.05) is 41.5 Å². The number of aromatic nitrogens is 5. The first-order valence-corrected chi connectivity index (χ1v) is 8.58. The molecular weight excluding hydrogens is 310 g/mol. The molecule has 1 aromatic carbocycles. The minimum atomic E-state index is 0.0586. The van der Waals surface area contributed by atoms with Crippen molar-refractivity contribution in [2.24, 2.45) is 0 Å². The lowest BCUT2D eigenvalue weighted by Crippen LogP contribution is -2.22. The van der Waals surface area contributed by atoms with Crippen molar-refractivity contribution in [2.75, 3.05) is 0 Å². The van der Waals surface area contributed by atoms with Crippen molar-refractivity contribution in [3.63, 3.8) is 0 Å². The summed E-state index contributed by atoms with van der Waals surface area (Å²) in [7, 11) is 0. The molecular formula is C20H25N5. The van der Waals surface area contributed by atoms with E-state index in [0.717, 1.165) is 10.9 Å². The molecule has 5 heteroatoms. The standard InChI is InChI=1S/C11H14N2.C9H11N3/c1-11(2,3)13-10-7-5-4-6-9(10)8-12-13;1-7(2)12-9-3-4-10-5-8(9)6-11-12/h4-8H,1-3H3;3-7H,1-2H3. The maximum Gasteiger partial charge on any atom is 0.0716 e. The average Bonchev–Trinajstić information content (AvgIpc) is 3.19. The third-order valence-corrected chi connectivity index (χ3v) is 4.00. The minimum absolute atomic E-state index is 0.0586. The molecule has 0 aliphatic carbocycles. The molecule has 130 valence electrons. The first kappa shape index (κ1) is 17.1. The van der Waals surface area contributed by atoms with Crippen LogP contribution in [-0.2, 0) is 5.54 Å².